The normalized spacial score (nSPS) is 12.6. The van der Waals surface area contributed by atoms with Gasteiger partial charge in [0, 0.05) is 12.5 Å². The monoisotopic (exact) mass is 427 g/mol. The molecule has 0 spiro atoms. The summed E-state index contributed by atoms with van der Waals surface area (Å²) in [6.07, 6.45) is -4.41. The minimum absolute atomic E-state index is 0.152. The third kappa shape index (κ3) is 4.66. The lowest BCUT2D eigenvalue weighted by Gasteiger charge is -2.13. The Morgan fingerprint density at radius 1 is 1.11 bits per heavy atom. The fraction of sp³-hybridized carbons (Fsp3) is 0.158. The Labute approximate surface area is 168 Å². The van der Waals surface area contributed by atoms with Gasteiger partial charge in [0.1, 0.15) is 11.2 Å². The molecule has 2 aromatic carbocycles. The van der Waals surface area contributed by atoms with E-state index in [1.165, 1.54) is 12.1 Å². The van der Waals surface area contributed by atoms with Gasteiger partial charge in [-0.05, 0) is 17.7 Å². The van der Waals surface area contributed by atoms with Crippen LogP contribution in [-0.2, 0) is 12.6 Å². The second kappa shape index (κ2) is 8.24. The van der Waals surface area contributed by atoms with Crippen molar-refractivity contribution in [1.29, 1.82) is 0 Å². The van der Waals surface area contributed by atoms with E-state index in [0.29, 0.717) is 12.5 Å². The van der Waals surface area contributed by atoms with Gasteiger partial charge in [-0.2, -0.15) is 18.3 Å². The number of amides is 1. The topological polar surface area (TPSA) is 46.9 Å². The van der Waals surface area contributed by atoms with Crippen molar-refractivity contribution in [2.75, 3.05) is 0 Å². The first kappa shape index (κ1) is 20.2. The van der Waals surface area contributed by atoms with Gasteiger partial charge in [-0.3, -0.25) is 4.79 Å². The lowest BCUT2D eigenvalue weighted by molar-refractivity contribution is -0.141. The lowest BCUT2D eigenvalue weighted by Crippen LogP contribution is -2.33. The molecule has 1 amide bonds. The molecule has 1 aromatic heterocycles. The third-order valence-corrected chi connectivity index (χ3v) is 4.44. The van der Waals surface area contributed by atoms with Crippen molar-refractivity contribution in [2.45, 2.75) is 18.1 Å². The van der Waals surface area contributed by atoms with Crippen LogP contribution in [0.25, 0.3) is 5.69 Å². The molecule has 0 saturated carbocycles. The van der Waals surface area contributed by atoms with E-state index < -0.39 is 23.3 Å². The van der Waals surface area contributed by atoms with Gasteiger partial charge < -0.3 is 5.32 Å². The molecule has 146 valence electrons. The zero-order valence-corrected chi connectivity index (χ0v) is 15.8. The van der Waals surface area contributed by atoms with Crippen LogP contribution in [0.15, 0.2) is 60.7 Å². The highest BCUT2D eigenvalue weighted by atomic mass is 35.5. The zero-order chi connectivity index (χ0) is 20.3. The highest BCUT2D eigenvalue weighted by molar-refractivity contribution is 6.32. The Morgan fingerprint density at radius 2 is 1.75 bits per heavy atom. The van der Waals surface area contributed by atoms with Crippen molar-refractivity contribution in [3.05, 3.63) is 82.6 Å². The quantitative estimate of drug-likeness (QED) is 0.455. The van der Waals surface area contributed by atoms with Gasteiger partial charge in [0.2, 0.25) is 0 Å². The largest absolute Gasteiger partial charge is 0.435 e. The fourth-order valence-corrected chi connectivity index (χ4v) is 3.07. The molecule has 4 nitrogen and oxygen atoms in total. The lowest BCUT2D eigenvalue weighted by atomic mass is 10.1. The van der Waals surface area contributed by atoms with Crippen LogP contribution in [0.4, 0.5) is 13.2 Å². The molecule has 0 aliphatic carbocycles. The molecule has 1 unspecified atom stereocenters. The van der Waals surface area contributed by atoms with Crippen molar-refractivity contribution < 1.29 is 18.0 Å². The first-order valence-electron chi connectivity index (χ1n) is 8.16. The van der Waals surface area contributed by atoms with E-state index in [2.05, 4.69) is 10.4 Å². The molecule has 0 bridgehead atoms. The van der Waals surface area contributed by atoms with Gasteiger partial charge in [0.05, 0.1) is 10.7 Å². The molecular weight excluding hydrogens is 414 g/mol. The zero-order valence-electron chi connectivity index (χ0n) is 14.3. The van der Waals surface area contributed by atoms with Crippen molar-refractivity contribution in [3.63, 3.8) is 0 Å². The average molecular weight is 428 g/mol. The number of halogens is 5. The van der Waals surface area contributed by atoms with Gasteiger partial charge in [-0.1, -0.05) is 65.7 Å². The number of alkyl halides is 4. The van der Waals surface area contributed by atoms with E-state index >= 15 is 0 Å². The number of para-hydroxylation sites is 1. The molecule has 3 rings (SSSR count). The standard InChI is InChI=1S/C19H14Cl2F3N3O/c20-13-8-4-5-9-14(13)27-15(11-16(26-27)19(22,23)24)18(28)25-17(21)10-12-6-2-1-3-7-12/h1-9,11,17H,10H2,(H,25,28). The van der Waals surface area contributed by atoms with Crippen LogP contribution < -0.4 is 5.32 Å². The number of hydrogen-bond donors (Lipinski definition) is 1. The molecule has 9 heteroatoms. The molecule has 28 heavy (non-hydrogen) atoms. The van der Waals surface area contributed by atoms with Gasteiger partial charge >= 0.3 is 6.18 Å². The molecule has 1 N–H and O–H groups in total. The maximum Gasteiger partial charge on any atom is 0.435 e. The SMILES string of the molecule is O=C(NC(Cl)Cc1ccccc1)c1cc(C(F)(F)F)nn1-c1ccccc1Cl. The Bertz CT molecular complexity index is 974. The smallest absolute Gasteiger partial charge is 0.334 e. The summed E-state index contributed by atoms with van der Waals surface area (Å²) in [6, 6.07) is 16.0. The van der Waals surface area contributed by atoms with E-state index in [1.807, 2.05) is 30.3 Å². The van der Waals surface area contributed by atoms with Crippen molar-refractivity contribution in [2.24, 2.45) is 0 Å². The van der Waals surface area contributed by atoms with Gasteiger partial charge in [-0.25, -0.2) is 4.68 Å². The summed E-state index contributed by atoms with van der Waals surface area (Å²) in [5.41, 5.74) is -1.32. The van der Waals surface area contributed by atoms with Gasteiger partial charge in [0.25, 0.3) is 5.91 Å². The first-order valence-corrected chi connectivity index (χ1v) is 8.98. The Morgan fingerprint density at radius 3 is 2.39 bits per heavy atom. The molecule has 0 saturated heterocycles. The van der Waals surface area contributed by atoms with Crippen LogP contribution in [0, 0.1) is 0 Å². The maximum absolute atomic E-state index is 13.1. The molecule has 3 aromatic rings. The van der Waals surface area contributed by atoms with E-state index in [1.54, 1.807) is 12.1 Å². The third-order valence-electron chi connectivity index (χ3n) is 3.86. The summed E-state index contributed by atoms with van der Waals surface area (Å²) >= 11 is 12.2. The number of benzene rings is 2. The van der Waals surface area contributed by atoms with Crippen molar-refractivity contribution in [3.8, 4) is 5.69 Å². The summed E-state index contributed by atoms with van der Waals surface area (Å²) in [7, 11) is 0. The Balaban J connectivity index is 1.90. The van der Waals surface area contributed by atoms with Crippen LogP contribution in [0.3, 0.4) is 0 Å². The van der Waals surface area contributed by atoms with Gasteiger partial charge in [-0.15, -0.1) is 0 Å². The van der Waals surface area contributed by atoms with Crippen LogP contribution in [0.2, 0.25) is 5.02 Å². The number of aromatic nitrogens is 2. The minimum atomic E-state index is -4.72. The summed E-state index contributed by atoms with van der Waals surface area (Å²) in [6.45, 7) is 0. The average Bonchev–Trinajstić information content (AvgIpc) is 3.08. The van der Waals surface area contributed by atoms with Crippen molar-refractivity contribution >= 4 is 29.1 Å². The highest BCUT2D eigenvalue weighted by Gasteiger charge is 2.36. The predicted molar refractivity (Wildman–Crippen MR) is 101 cm³/mol. The molecule has 0 fully saturated rings. The predicted octanol–water partition coefficient (Wildman–Crippen LogP) is 5.08. The van der Waals surface area contributed by atoms with Gasteiger partial charge in [0.15, 0.2) is 5.69 Å². The number of carbonyl (C=O) groups excluding carboxylic acids is 1. The van der Waals surface area contributed by atoms with E-state index in [-0.39, 0.29) is 16.4 Å². The minimum Gasteiger partial charge on any atom is -0.334 e. The van der Waals surface area contributed by atoms with Crippen molar-refractivity contribution in [1.82, 2.24) is 15.1 Å². The Kier molecular flexibility index (Phi) is 5.96. The second-order valence-corrected chi connectivity index (χ2v) is 6.84. The summed E-state index contributed by atoms with van der Waals surface area (Å²) < 4.78 is 40.3. The molecule has 0 radical (unpaired) electrons. The van der Waals surface area contributed by atoms with Crippen LogP contribution in [0.5, 0.6) is 0 Å². The van der Waals surface area contributed by atoms with E-state index in [9.17, 15) is 18.0 Å². The molecule has 1 heterocycles. The van der Waals surface area contributed by atoms with Crippen LogP contribution in [0.1, 0.15) is 21.7 Å². The van der Waals surface area contributed by atoms with E-state index in [0.717, 1.165) is 10.2 Å². The van der Waals surface area contributed by atoms with Crippen LogP contribution >= 0.6 is 23.2 Å². The fourth-order valence-electron chi connectivity index (χ4n) is 2.58. The summed E-state index contributed by atoms with van der Waals surface area (Å²) in [5, 5.41) is 6.18. The summed E-state index contributed by atoms with van der Waals surface area (Å²) in [5.74, 6) is -0.793. The number of carbonyl (C=O) groups is 1. The molecular formula is C19H14Cl2F3N3O. The highest BCUT2D eigenvalue weighted by Crippen LogP contribution is 2.31. The number of hydrogen-bond acceptors (Lipinski definition) is 2. The number of nitrogens with zero attached hydrogens (tertiary/aromatic N) is 2. The second-order valence-electron chi connectivity index (χ2n) is 5.91. The maximum atomic E-state index is 13.1. The number of rotatable bonds is 5. The first-order chi connectivity index (χ1) is 13.3. The van der Waals surface area contributed by atoms with E-state index in [4.69, 9.17) is 23.2 Å². The Hall–Kier alpha value is -2.51. The molecule has 0 aliphatic heterocycles. The number of nitrogens with one attached hydrogen (secondary N) is 1. The summed E-state index contributed by atoms with van der Waals surface area (Å²) in [4.78, 5) is 12.6. The van der Waals surface area contributed by atoms with Crippen LogP contribution in [-0.4, -0.2) is 21.2 Å². The molecule has 0 aliphatic rings. The molecule has 1 atom stereocenters.